The van der Waals surface area contributed by atoms with E-state index in [1.165, 1.54) is 4.90 Å². The van der Waals surface area contributed by atoms with Gasteiger partial charge in [-0.3, -0.25) is 4.79 Å². The molecule has 0 saturated heterocycles. The molecule has 0 bridgehead atoms. The van der Waals surface area contributed by atoms with Crippen LogP contribution in [0.5, 0.6) is 0 Å². The van der Waals surface area contributed by atoms with Crippen LogP contribution in [0.3, 0.4) is 0 Å². The normalized spacial score (nSPS) is 10.5. The number of anilines is 1. The first kappa shape index (κ1) is 16.9. The molecule has 0 aromatic heterocycles. The number of nitrogens with zero attached hydrogens (tertiary/aromatic N) is 1. The van der Waals surface area contributed by atoms with Gasteiger partial charge in [-0.25, -0.2) is 13.6 Å². The molecule has 2 N–H and O–H groups in total. The van der Waals surface area contributed by atoms with E-state index in [1.807, 2.05) is 0 Å². The Hall–Kier alpha value is -2.18. The van der Waals surface area contributed by atoms with Gasteiger partial charge in [0.2, 0.25) is 0 Å². The van der Waals surface area contributed by atoms with E-state index in [9.17, 15) is 18.4 Å². The predicted octanol–water partition coefficient (Wildman–Crippen LogP) is 3.07. The van der Waals surface area contributed by atoms with Crippen molar-refractivity contribution in [3.05, 3.63) is 29.8 Å². The number of carbonyl (C=O) groups excluding carboxylic acids is 1. The molecule has 1 aromatic carbocycles. The number of urea groups is 1. The second-order valence-corrected chi connectivity index (χ2v) is 4.84. The van der Waals surface area contributed by atoms with Gasteiger partial charge < -0.3 is 15.3 Å². The van der Waals surface area contributed by atoms with Crippen LogP contribution in [0.15, 0.2) is 18.2 Å². The molecule has 0 atom stereocenters. The van der Waals surface area contributed by atoms with Crippen LogP contribution in [0.25, 0.3) is 0 Å². The van der Waals surface area contributed by atoms with Crippen molar-refractivity contribution in [1.29, 1.82) is 0 Å². The van der Waals surface area contributed by atoms with Crippen LogP contribution in [0.2, 0.25) is 0 Å². The maximum atomic E-state index is 13.5. The van der Waals surface area contributed by atoms with E-state index in [0.717, 1.165) is 18.2 Å². The molecule has 0 fully saturated rings. The summed E-state index contributed by atoms with van der Waals surface area (Å²) in [5.74, 6) is -2.34. The molecule has 21 heavy (non-hydrogen) atoms. The van der Waals surface area contributed by atoms with Crippen LogP contribution in [-0.4, -0.2) is 34.6 Å². The molecule has 1 aromatic rings. The quantitative estimate of drug-likeness (QED) is 0.848. The van der Waals surface area contributed by atoms with Crippen LogP contribution in [-0.2, 0) is 4.79 Å². The Morgan fingerprint density at radius 3 is 2.57 bits per heavy atom. The lowest BCUT2D eigenvalue weighted by Crippen LogP contribution is -2.41. The first-order valence-electron chi connectivity index (χ1n) is 6.55. The Labute approximate surface area is 121 Å². The summed E-state index contributed by atoms with van der Waals surface area (Å²) in [6, 6.07) is 1.98. The molecule has 0 saturated carbocycles. The third kappa shape index (κ3) is 5.37. The Morgan fingerprint density at radius 2 is 2.00 bits per heavy atom. The van der Waals surface area contributed by atoms with Crippen LogP contribution in [0.1, 0.15) is 26.7 Å². The number of carbonyl (C=O) groups is 2. The molecular weight excluding hydrogens is 282 g/mol. The second-order valence-electron chi connectivity index (χ2n) is 4.84. The number of carboxylic acid groups (broad SMARTS) is 1. The molecule has 116 valence electrons. The highest BCUT2D eigenvalue weighted by Gasteiger charge is 2.18. The van der Waals surface area contributed by atoms with Crippen molar-refractivity contribution >= 4 is 17.7 Å². The maximum absolute atomic E-state index is 13.5. The fourth-order valence-corrected chi connectivity index (χ4v) is 1.78. The SMILES string of the molecule is CC(C)N(CCCC(=O)O)C(=O)Nc1cc(F)ccc1F. The van der Waals surface area contributed by atoms with Crippen molar-refractivity contribution in [2.45, 2.75) is 32.7 Å². The number of aliphatic carboxylic acids is 1. The van der Waals surface area contributed by atoms with E-state index in [0.29, 0.717) is 0 Å². The number of carboxylic acids is 1. The summed E-state index contributed by atoms with van der Waals surface area (Å²) in [6.07, 6.45) is 0.220. The fourth-order valence-electron chi connectivity index (χ4n) is 1.78. The van der Waals surface area contributed by atoms with Crippen molar-refractivity contribution in [3.8, 4) is 0 Å². The van der Waals surface area contributed by atoms with Crippen molar-refractivity contribution in [1.82, 2.24) is 4.90 Å². The van der Waals surface area contributed by atoms with Crippen LogP contribution in [0, 0.1) is 11.6 Å². The molecule has 0 aliphatic rings. The van der Waals surface area contributed by atoms with Crippen LogP contribution < -0.4 is 5.32 Å². The van der Waals surface area contributed by atoms with Gasteiger partial charge in [-0.15, -0.1) is 0 Å². The highest BCUT2D eigenvalue weighted by atomic mass is 19.1. The Bertz CT molecular complexity index is 521. The molecule has 0 spiro atoms. The van der Waals surface area contributed by atoms with Crippen LogP contribution >= 0.6 is 0 Å². The lowest BCUT2D eigenvalue weighted by Gasteiger charge is -2.26. The number of halogens is 2. The summed E-state index contributed by atoms with van der Waals surface area (Å²) in [7, 11) is 0. The van der Waals surface area contributed by atoms with Gasteiger partial charge in [-0.2, -0.15) is 0 Å². The zero-order chi connectivity index (χ0) is 16.0. The van der Waals surface area contributed by atoms with Gasteiger partial charge in [0.05, 0.1) is 5.69 Å². The van der Waals surface area contributed by atoms with E-state index < -0.39 is 23.6 Å². The summed E-state index contributed by atoms with van der Waals surface area (Å²) in [6.45, 7) is 3.72. The van der Waals surface area contributed by atoms with E-state index in [2.05, 4.69) is 5.32 Å². The third-order valence-electron chi connectivity index (χ3n) is 2.84. The number of amides is 2. The van der Waals surface area contributed by atoms with Crippen molar-refractivity contribution < 1.29 is 23.5 Å². The van der Waals surface area contributed by atoms with E-state index in [1.54, 1.807) is 13.8 Å². The van der Waals surface area contributed by atoms with Crippen LogP contribution in [0.4, 0.5) is 19.3 Å². The van der Waals surface area contributed by atoms with Crippen molar-refractivity contribution in [3.63, 3.8) is 0 Å². The fraction of sp³-hybridized carbons (Fsp3) is 0.429. The smallest absolute Gasteiger partial charge is 0.322 e. The minimum absolute atomic E-state index is 0.0647. The minimum Gasteiger partial charge on any atom is -0.481 e. The first-order valence-corrected chi connectivity index (χ1v) is 6.55. The highest BCUT2D eigenvalue weighted by Crippen LogP contribution is 2.16. The summed E-state index contributed by atoms with van der Waals surface area (Å²) in [5, 5.41) is 10.9. The van der Waals surface area contributed by atoms with E-state index >= 15 is 0 Å². The minimum atomic E-state index is -0.949. The van der Waals surface area contributed by atoms with E-state index in [4.69, 9.17) is 5.11 Å². The van der Waals surface area contributed by atoms with Crippen molar-refractivity contribution in [2.24, 2.45) is 0 Å². The lowest BCUT2D eigenvalue weighted by molar-refractivity contribution is -0.137. The van der Waals surface area contributed by atoms with Gasteiger partial charge in [0.1, 0.15) is 11.6 Å². The second kappa shape index (κ2) is 7.56. The zero-order valence-corrected chi connectivity index (χ0v) is 11.9. The number of hydrogen-bond donors (Lipinski definition) is 2. The summed E-state index contributed by atoms with van der Waals surface area (Å²) >= 11 is 0. The molecule has 2 amide bonds. The standard InChI is InChI=1S/C14H18F2N2O3/c1-9(2)18(7-3-4-13(19)20)14(21)17-12-8-10(15)5-6-11(12)16/h5-6,8-9H,3-4,7H2,1-2H3,(H,17,21)(H,19,20). The average molecular weight is 300 g/mol. The van der Waals surface area contributed by atoms with Crippen molar-refractivity contribution in [2.75, 3.05) is 11.9 Å². The molecule has 0 aliphatic carbocycles. The molecular formula is C14H18F2N2O3. The number of nitrogens with one attached hydrogen (secondary N) is 1. The van der Waals surface area contributed by atoms with Gasteiger partial charge in [-0.05, 0) is 32.4 Å². The van der Waals surface area contributed by atoms with E-state index in [-0.39, 0.29) is 31.1 Å². The number of hydrogen-bond acceptors (Lipinski definition) is 2. The molecule has 5 nitrogen and oxygen atoms in total. The zero-order valence-electron chi connectivity index (χ0n) is 11.9. The topological polar surface area (TPSA) is 69.6 Å². The summed E-state index contributed by atoms with van der Waals surface area (Å²) in [5.41, 5.74) is -0.246. The Balaban J connectivity index is 2.72. The first-order chi connectivity index (χ1) is 9.81. The third-order valence-corrected chi connectivity index (χ3v) is 2.84. The Kier molecular flexibility index (Phi) is 6.08. The monoisotopic (exact) mass is 300 g/mol. The number of rotatable bonds is 6. The lowest BCUT2D eigenvalue weighted by atomic mass is 10.2. The summed E-state index contributed by atoms with van der Waals surface area (Å²) in [4.78, 5) is 23.9. The maximum Gasteiger partial charge on any atom is 0.322 e. The molecule has 0 unspecified atom stereocenters. The molecule has 0 heterocycles. The molecule has 7 heteroatoms. The largest absolute Gasteiger partial charge is 0.481 e. The van der Waals surface area contributed by atoms with Gasteiger partial charge in [0.25, 0.3) is 0 Å². The molecule has 1 rings (SSSR count). The van der Waals surface area contributed by atoms with Gasteiger partial charge in [0.15, 0.2) is 0 Å². The molecule has 0 radical (unpaired) electrons. The predicted molar refractivity (Wildman–Crippen MR) is 74.1 cm³/mol. The van der Waals surface area contributed by atoms with Gasteiger partial charge >= 0.3 is 12.0 Å². The average Bonchev–Trinajstić information content (AvgIpc) is 2.38. The highest BCUT2D eigenvalue weighted by molar-refractivity contribution is 5.89. The number of benzene rings is 1. The van der Waals surface area contributed by atoms with Gasteiger partial charge in [-0.1, -0.05) is 0 Å². The Morgan fingerprint density at radius 1 is 1.33 bits per heavy atom. The summed E-state index contributed by atoms with van der Waals surface area (Å²) < 4.78 is 26.5. The van der Waals surface area contributed by atoms with Gasteiger partial charge in [0, 0.05) is 25.1 Å². The molecule has 0 aliphatic heterocycles.